The van der Waals surface area contributed by atoms with Crippen molar-refractivity contribution in [2.45, 2.75) is 53.0 Å². The highest BCUT2D eigenvalue weighted by molar-refractivity contribution is 5.81. The van der Waals surface area contributed by atoms with Gasteiger partial charge in [-0.25, -0.2) is 0 Å². The monoisotopic (exact) mass is 243 g/mol. The molecule has 1 unspecified atom stereocenters. The van der Waals surface area contributed by atoms with E-state index >= 15 is 0 Å². The minimum atomic E-state index is 0.819. The van der Waals surface area contributed by atoms with Gasteiger partial charge in [0.25, 0.3) is 0 Å². The summed E-state index contributed by atoms with van der Waals surface area (Å²) in [5, 5.41) is 1.38. The molecule has 1 aromatic carbocycles. The molecule has 2 rings (SSSR count). The second kappa shape index (κ2) is 6.08. The Labute approximate surface area is 111 Å². The first kappa shape index (κ1) is 13.2. The lowest BCUT2D eigenvalue weighted by Crippen LogP contribution is -2.11. The van der Waals surface area contributed by atoms with Crippen molar-refractivity contribution in [1.82, 2.24) is 4.57 Å². The maximum absolute atomic E-state index is 2.50. The SMILES string of the molecule is CCCCC(CC)Cn1c(C)cc2ccccc21. The summed E-state index contributed by atoms with van der Waals surface area (Å²) >= 11 is 0. The van der Waals surface area contributed by atoms with Crippen molar-refractivity contribution in [2.75, 3.05) is 0 Å². The van der Waals surface area contributed by atoms with Crippen LogP contribution in [0.5, 0.6) is 0 Å². The fraction of sp³-hybridized carbons (Fsp3) is 0.529. The summed E-state index contributed by atoms with van der Waals surface area (Å²) in [7, 11) is 0. The zero-order valence-electron chi connectivity index (χ0n) is 11.9. The Morgan fingerprint density at radius 2 is 1.94 bits per heavy atom. The highest BCUT2D eigenvalue weighted by atomic mass is 15.0. The predicted octanol–water partition coefficient (Wildman–Crippen LogP) is 5.17. The van der Waals surface area contributed by atoms with Crippen LogP contribution in [-0.4, -0.2) is 4.57 Å². The van der Waals surface area contributed by atoms with Crippen molar-refractivity contribution in [3.05, 3.63) is 36.0 Å². The molecule has 0 saturated carbocycles. The number of hydrogen-bond acceptors (Lipinski definition) is 0. The molecule has 0 aliphatic heterocycles. The van der Waals surface area contributed by atoms with Crippen LogP contribution in [0.1, 0.15) is 45.2 Å². The number of para-hydroxylation sites is 1. The fourth-order valence-electron chi connectivity index (χ4n) is 2.77. The number of benzene rings is 1. The molecule has 2 aromatic rings. The second-order valence-electron chi connectivity index (χ2n) is 5.37. The van der Waals surface area contributed by atoms with E-state index in [-0.39, 0.29) is 0 Å². The first-order valence-electron chi connectivity index (χ1n) is 7.31. The average molecular weight is 243 g/mol. The van der Waals surface area contributed by atoms with Gasteiger partial charge in [0.1, 0.15) is 0 Å². The van der Waals surface area contributed by atoms with E-state index in [2.05, 4.69) is 55.7 Å². The zero-order chi connectivity index (χ0) is 13.0. The third-order valence-corrected chi connectivity index (χ3v) is 4.00. The van der Waals surface area contributed by atoms with E-state index in [4.69, 9.17) is 0 Å². The molecule has 0 spiro atoms. The number of unbranched alkanes of at least 4 members (excludes halogenated alkanes) is 1. The third-order valence-electron chi connectivity index (χ3n) is 4.00. The van der Waals surface area contributed by atoms with Crippen molar-refractivity contribution >= 4 is 10.9 Å². The lowest BCUT2D eigenvalue weighted by atomic mass is 9.99. The van der Waals surface area contributed by atoms with E-state index in [0.717, 1.165) is 5.92 Å². The van der Waals surface area contributed by atoms with Gasteiger partial charge in [-0.05, 0) is 36.8 Å². The Morgan fingerprint density at radius 3 is 2.67 bits per heavy atom. The Bertz CT molecular complexity index is 495. The number of nitrogens with zero attached hydrogens (tertiary/aromatic N) is 1. The molecule has 1 heteroatoms. The zero-order valence-corrected chi connectivity index (χ0v) is 11.9. The van der Waals surface area contributed by atoms with Crippen LogP contribution in [0.25, 0.3) is 10.9 Å². The van der Waals surface area contributed by atoms with Crippen molar-refractivity contribution in [1.29, 1.82) is 0 Å². The molecule has 0 aliphatic rings. The van der Waals surface area contributed by atoms with Crippen LogP contribution < -0.4 is 0 Å². The van der Waals surface area contributed by atoms with Crippen LogP contribution in [0, 0.1) is 12.8 Å². The van der Waals surface area contributed by atoms with Crippen molar-refractivity contribution in [2.24, 2.45) is 5.92 Å². The number of aromatic nitrogens is 1. The molecule has 0 radical (unpaired) electrons. The van der Waals surface area contributed by atoms with E-state index in [1.165, 1.54) is 48.8 Å². The Morgan fingerprint density at radius 1 is 1.17 bits per heavy atom. The topological polar surface area (TPSA) is 4.93 Å². The van der Waals surface area contributed by atoms with Crippen LogP contribution in [0.3, 0.4) is 0 Å². The summed E-state index contributed by atoms with van der Waals surface area (Å²) in [6.07, 6.45) is 5.31. The maximum Gasteiger partial charge on any atom is 0.0482 e. The molecular weight excluding hydrogens is 218 g/mol. The van der Waals surface area contributed by atoms with Crippen molar-refractivity contribution in [3.8, 4) is 0 Å². The molecule has 0 saturated heterocycles. The van der Waals surface area contributed by atoms with Gasteiger partial charge in [-0.3, -0.25) is 0 Å². The third kappa shape index (κ3) is 2.77. The van der Waals surface area contributed by atoms with Crippen LogP contribution in [-0.2, 0) is 6.54 Å². The summed E-state index contributed by atoms with van der Waals surface area (Å²) in [5.74, 6) is 0.819. The Kier molecular flexibility index (Phi) is 4.46. The fourth-order valence-corrected chi connectivity index (χ4v) is 2.77. The van der Waals surface area contributed by atoms with Crippen LogP contribution in [0.4, 0.5) is 0 Å². The molecule has 0 aliphatic carbocycles. The number of fused-ring (bicyclic) bond motifs is 1. The van der Waals surface area contributed by atoms with Gasteiger partial charge in [-0.1, -0.05) is 51.3 Å². The molecule has 1 heterocycles. The molecular formula is C17H25N. The largest absolute Gasteiger partial charge is 0.345 e. The van der Waals surface area contributed by atoms with Gasteiger partial charge in [0.15, 0.2) is 0 Å². The van der Waals surface area contributed by atoms with Crippen molar-refractivity contribution < 1.29 is 0 Å². The summed E-state index contributed by atoms with van der Waals surface area (Å²) in [5.41, 5.74) is 2.79. The molecule has 1 atom stereocenters. The molecule has 0 fully saturated rings. The molecule has 98 valence electrons. The lowest BCUT2D eigenvalue weighted by Gasteiger charge is -2.17. The van der Waals surface area contributed by atoms with E-state index in [9.17, 15) is 0 Å². The first-order valence-corrected chi connectivity index (χ1v) is 7.31. The molecule has 0 bridgehead atoms. The van der Waals surface area contributed by atoms with Gasteiger partial charge in [-0.2, -0.15) is 0 Å². The smallest absolute Gasteiger partial charge is 0.0482 e. The quantitative estimate of drug-likeness (QED) is 0.660. The maximum atomic E-state index is 2.50. The summed E-state index contributed by atoms with van der Waals surface area (Å²) in [6.45, 7) is 8.01. The number of hydrogen-bond donors (Lipinski definition) is 0. The minimum Gasteiger partial charge on any atom is -0.345 e. The number of rotatable bonds is 6. The van der Waals surface area contributed by atoms with E-state index in [0.29, 0.717) is 0 Å². The summed E-state index contributed by atoms with van der Waals surface area (Å²) in [6, 6.07) is 11.0. The molecule has 0 amide bonds. The van der Waals surface area contributed by atoms with Gasteiger partial charge >= 0.3 is 0 Å². The molecule has 0 N–H and O–H groups in total. The van der Waals surface area contributed by atoms with Gasteiger partial charge in [0, 0.05) is 17.8 Å². The predicted molar refractivity (Wildman–Crippen MR) is 80.0 cm³/mol. The van der Waals surface area contributed by atoms with Gasteiger partial charge in [0.05, 0.1) is 0 Å². The van der Waals surface area contributed by atoms with Gasteiger partial charge in [0.2, 0.25) is 0 Å². The average Bonchev–Trinajstić information content (AvgIpc) is 2.70. The molecule has 1 nitrogen and oxygen atoms in total. The first-order chi connectivity index (χ1) is 8.76. The normalized spacial score (nSPS) is 13.1. The summed E-state index contributed by atoms with van der Waals surface area (Å²) in [4.78, 5) is 0. The van der Waals surface area contributed by atoms with Crippen LogP contribution >= 0.6 is 0 Å². The summed E-state index contributed by atoms with van der Waals surface area (Å²) < 4.78 is 2.50. The molecule has 18 heavy (non-hydrogen) atoms. The lowest BCUT2D eigenvalue weighted by molar-refractivity contribution is 0.393. The Hall–Kier alpha value is -1.24. The Balaban J connectivity index is 2.21. The molecule has 1 aromatic heterocycles. The van der Waals surface area contributed by atoms with E-state index in [1.807, 2.05) is 0 Å². The van der Waals surface area contributed by atoms with Crippen LogP contribution in [0.2, 0.25) is 0 Å². The van der Waals surface area contributed by atoms with Crippen molar-refractivity contribution in [3.63, 3.8) is 0 Å². The van der Waals surface area contributed by atoms with E-state index in [1.54, 1.807) is 0 Å². The van der Waals surface area contributed by atoms with E-state index < -0.39 is 0 Å². The van der Waals surface area contributed by atoms with Crippen LogP contribution in [0.15, 0.2) is 30.3 Å². The highest BCUT2D eigenvalue weighted by Gasteiger charge is 2.11. The second-order valence-corrected chi connectivity index (χ2v) is 5.37. The van der Waals surface area contributed by atoms with Gasteiger partial charge in [-0.15, -0.1) is 0 Å². The standard InChI is InChI=1S/C17H25N/c1-4-6-9-15(5-2)13-18-14(3)12-16-10-7-8-11-17(16)18/h7-8,10-12,15H,4-6,9,13H2,1-3H3. The minimum absolute atomic E-state index is 0.819. The van der Waals surface area contributed by atoms with Gasteiger partial charge < -0.3 is 4.57 Å². The number of aryl methyl sites for hydroxylation is 1. The highest BCUT2D eigenvalue weighted by Crippen LogP contribution is 2.23.